The lowest BCUT2D eigenvalue weighted by Gasteiger charge is -2.17. The molecule has 2 aromatic carbocycles. The first-order chi connectivity index (χ1) is 13.7. The highest BCUT2D eigenvalue weighted by molar-refractivity contribution is 14.0. The van der Waals surface area contributed by atoms with E-state index in [1.165, 1.54) is 24.1 Å². The highest BCUT2D eigenvalue weighted by Crippen LogP contribution is 2.16. The standard InChI is InChI=1S/C23H31FN4.HI/c1-2-25-23(26-16-20-9-6-10-22(24)15-20)27-17-21-12-14-28(18-21)13-11-19-7-4-3-5-8-19;/h3-10,15,21H,2,11-14,16-18H2,1H3,(H2,25,26,27);1H. The van der Waals surface area contributed by atoms with Gasteiger partial charge in [0.1, 0.15) is 5.82 Å². The monoisotopic (exact) mass is 510 g/mol. The summed E-state index contributed by atoms with van der Waals surface area (Å²) >= 11 is 0. The van der Waals surface area contributed by atoms with E-state index in [2.05, 4.69) is 57.8 Å². The van der Waals surface area contributed by atoms with Crippen molar-refractivity contribution in [3.63, 3.8) is 0 Å². The van der Waals surface area contributed by atoms with Crippen LogP contribution >= 0.6 is 24.0 Å². The number of likely N-dealkylation sites (tertiary alicyclic amines) is 1. The van der Waals surface area contributed by atoms with Gasteiger partial charge in [0.2, 0.25) is 0 Å². The maximum Gasteiger partial charge on any atom is 0.191 e. The average molecular weight is 510 g/mol. The van der Waals surface area contributed by atoms with Gasteiger partial charge in [-0.15, -0.1) is 24.0 Å². The van der Waals surface area contributed by atoms with Gasteiger partial charge in [-0.05, 0) is 55.5 Å². The van der Waals surface area contributed by atoms with Crippen LogP contribution in [0.1, 0.15) is 24.5 Å². The van der Waals surface area contributed by atoms with Gasteiger partial charge < -0.3 is 15.5 Å². The lowest BCUT2D eigenvalue weighted by Crippen LogP contribution is -2.40. The molecule has 0 bridgehead atoms. The molecule has 2 aromatic rings. The predicted octanol–water partition coefficient (Wildman–Crippen LogP) is 4.06. The smallest absolute Gasteiger partial charge is 0.191 e. The van der Waals surface area contributed by atoms with Crippen LogP contribution in [0.25, 0.3) is 0 Å². The van der Waals surface area contributed by atoms with E-state index >= 15 is 0 Å². The van der Waals surface area contributed by atoms with E-state index in [-0.39, 0.29) is 29.8 Å². The van der Waals surface area contributed by atoms with Crippen molar-refractivity contribution in [2.75, 3.05) is 32.7 Å². The molecule has 1 aliphatic rings. The fraction of sp³-hybridized carbons (Fsp3) is 0.435. The topological polar surface area (TPSA) is 39.7 Å². The summed E-state index contributed by atoms with van der Waals surface area (Å²) in [5, 5.41) is 6.74. The zero-order valence-electron chi connectivity index (χ0n) is 17.1. The van der Waals surface area contributed by atoms with Crippen LogP contribution in [0.4, 0.5) is 4.39 Å². The first-order valence-electron chi connectivity index (χ1n) is 10.3. The lowest BCUT2D eigenvalue weighted by molar-refractivity contribution is 0.328. The third-order valence-corrected chi connectivity index (χ3v) is 5.14. The zero-order valence-corrected chi connectivity index (χ0v) is 19.4. The molecular weight excluding hydrogens is 478 g/mol. The number of halogens is 2. The Labute approximate surface area is 191 Å². The van der Waals surface area contributed by atoms with Crippen molar-refractivity contribution in [3.05, 3.63) is 71.5 Å². The summed E-state index contributed by atoms with van der Waals surface area (Å²) in [7, 11) is 0. The molecule has 1 heterocycles. The first-order valence-corrected chi connectivity index (χ1v) is 10.3. The number of benzene rings is 2. The second-order valence-electron chi connectivity index (χ2n) is 7.40. The Morgan fingerprint density at radius 3 is 2.66 bits per heavy atom. The van der Waals surface area contributed by atoms with E-state index in [1.54, 1.807) is 6.07 Å². The minimum Gasteiger partial charge on any atom is -0.357 e. The van der Waals surface area contributed by atoms with Crippen molar-refractivity contribution in [1.29, 1.82) is 0 Å². The van der Waals surface area contributed by atoms with Crippen molar-refractivity contribution in [2.45, 2.75) is 26.3 Å². The third kappa shape index (κ3) is 8.30. The number of aliphatic imine (C=N–C) groups is 1. The molecular formula is C23H32FIN4. The maximum atomic E-state index is 13.3. The van der Waals surface area contributed by atoms with Crippen LogP contribution in [0.3, 0.4) is 0 Å². The summed E-state index contributed by atoms with van der Waals surface area (Å²) in [4.78, 5) is 7.15. The molecule has 0 aliphatic carbocycles. The van der Waals surface area contributed by atoms with Crippen LogP contribution in [0.15, 0.2) is 59.6 Å². The average Bonchev–Trinajstić information content (AvgIpc) is 3.17. The molecule has 6 heteroatoms. The molecule has 0 amide bonds. The van der Waals surface area contributed by atoms with Crippen molar-refractivity contribution in [2.24, 2.45) is 10.9 Å². The molecule has 1 fully saturated rings. The fourth-order valence-corrected chi connectivity index (χ4v) is 3.60. The molecule has 0 radical (unpaired) electrons. The number of guanidine groups is 1. The maximum absolute atomic E-state index is 13.3. The summed E-state index contributed by atoms with van der Waals surface area (Å²) in [5.74, 6) is 1.22. The van der Waals surface area contributed by atoms with E-state index in [9.17, 15) is 4.39 Å². The fourth-order valence-electron chi connectivity index (χ4n) is 3.60. The van der Waals surface area contributed by atoms with Gasteiger partial charge in [-0.1, -0.05) is 42.5 Å². The van der Waals surface area contributed by atoms with Gasteiger partial charge in [-0.2, -0.15) is 0 Å². The highest BCUT2D eigenvalue weighted by atomic mass is 127. The number of hydrogen-bond donors (Lipinski definition) is 2. The van der Waals surface area contributed by atoms with Crippen molar-refractivity contribution >= 4 is 29.9 Å². The van der Waals surface area contributed by atoms with E-state index < -0.39 is 0 Å². The van der Waals surface area contributed by atoms with Gasteiger partial charge in [0, 0.05) is 26.2 Å². The Morgan fingerprint density at radius 1 is 1.10 bits per heavy atom. The molecule has 29 heavy (non-hydrogen) atoms. The van der Waals surface area contributed by atoms with E-state index in [0.29, 0.717) is 12.5 Å². The molecule has 0 saturated carbocycles. The Hall–Kier alpha value is -1.67. The summed E-state index contributed by atoms with van der Waals surface area (Å²) < 4.78 is 13.3. The predicted molar refractivity (Wildman–Crippen MR) is 129 cm³/mol. The van der Waals surface area contributed by atoms with E-state index in [1.807, 2.05) is 6.07 Å². The van der Waals surface area contributed by atoms with E-state index in [4.69, 9.17) is 0 Å². The molecule has 3 rings (SSSR count). The normalized spacial score (nSPS) is 17.0. The van der Waals surface area contributed by atoms with Gasteiger partial charge >= 0.3 is 0 Å². The van der Waals surface area contributed by atoms with Gasteiger partial charge in [-0.25, -0.2) is 9.38 Å². The largest absolute Gasteiger partial charge is 0.357 e. The van der Waals surface area contributed by atoms with Crippen molar-refractivity contribution in [3.8, 4) is 0 Å². The summed E-state index contributed by atoms with van der Waals surface area (Å²) in [6.07, 6.45) is 2.32. The molecule has 4 nitrogen and oxygen atoms in total. The number of nitrogens with zero attached hydrogens (tertiary/aromatic N) is 2. The first kappa shape index (κ1) is 23.6. The van der Waals surface area contributed by atoms with Crippen molar-refractivity contribution in [1.82, 2.24) is 15.5 Å². The summed E-state index contributed by atoms with van der Waals surface area (Å²) in [5.41, 5.74) is 2.29. The molecule has 2 N–H and O–H groups in total. The minimum absolute atomic E-state index is 0. The molecule has 158 valence electrons. The molecule has 0 spiro atoms. The van der Waals surface area contributed by atoms with Gasteiger partial charge in [0.15, 0.2) is 5.96 Å². The van der Waals surface area contributed by atoms with E-state index in [0.717, 1.165) is 50.7 Å². The summed E-state index contributed by atoms with van der Waals surface area (Å²) in [6.45, 7) is 7.66. The molecule has 1 unspecified atom stereocenters. The SMILES string of the molecule is CCNC(=NCc1cccc(F)c1)NCC1CCN(CCc2ccccc2)C1.I. The zero-order chi connectivity index (χ0) is 19.6. The van der Waals surface area contributed by atoms with Crippen LogP contribution < -0.4 is 10.6 Å². The van der Waals surface area contributed by atoms with Crippen LogP contribution in [-0.4, -0.2) is 43.6 Å². The molecule has 1 saturated heterocycles. The third-order valence-electron chi connectivity index (χ3n) is 5.14. The second kappa shape index (κ2) is 12.8. The second-order valence-corrected chi connectivity index (χ2v) is 7.40. The minimum atomic E-state index is -0.216. The van der Waals surface area contributed by atoms with Crippen LogP contribution in [0.5, 0.6) is 0 Å². The highest BCUT2D eigenvalue weighted by Gasteiger charge is 2.22. The quantitative estimate of drug-likeness (QED) is 0.320. The Balaban J connectivity index is 0.00000300. The van der Waals surface area contributed by atoms with Gasteiger partial charge in [0.25, 0.3) is 0 Å². The van der Waals surface area contributed by atoms with Crippen molar-refractivity contribution < 1.29 is 4.39 Å². The Morgan fingerprint density at radius 2 is 1.90 bits per heavy atom. The number of rotatable bonds is 8. The van der Waals surface area contributed by atoms with Gasteiger partial charge in [-0.3, -0.25) is 0 Å². The molecule has 0 aromatic heterocycles. The number of nitrogens with one attached hydrogen (secondary N) is 2. The van der Waals surface area contributed by atoms with Crippen LogP contribution in [0, 0.1) is 11.7 Å². The Kier molecular flexibility index (Phi) is 10.4. The van der Waals surface area contributed by atoms with Crippen LogP contribution in [-0.2, 0) is 13.0 Å². The lowest BCUT2D eigenvalue weighted by atomic mass is 10.1. The Bertz CT molecular complexity index is 754. The molecule has 1 atom stereocenters. The van der Waals surface area contributed by atoms with Crippen LogP contribution in [0.2, 0.25) is 0 Å². The number of hydrogen-bond acceptors (Lipinski definition) is 2. The summed E-state index contributed by atoms with van der Waals surface area (Å²) in [6, 6.07) is 17.3. The van der Waals surface area contributed by atoms with Gasteiger partial charge in [0.05, 0.1) is 6.54 Å². The molecule has 1 aliphatic heterocycles.